The Kier molecular flexibility index (Phi) is 6.81. The van der Waals surface area contributed by atoms with E-state index in [1.54, 1.807) is 19.1 Å². The highest BCUT2D eigenvalue weighted by atomic mass is 16.6. The van der Waals surface area contributed by atoms with E-state index in [4.69, 9.17) is 4.74 Å². The van der Waals surface area contributed by atoms with Crippen molar-refractivity contribution >= 4 is 17.9 Å². The van der Waals surface area contributed by atoms with Gasteiger partial charge in [-0.25, -0.2) is 4.79 Å². The van der Waals surface area contributed by atoms with Gasteiger partial charge in [0.25, 0.3) is 0 Å². The van der Waals surface area contributed by atoms with E-state index < -0.39 is 30.9 Å². The van der Waals surface area contributed by atoms with E-state index in [2.05, 4.69) is 9.47 Å². The van der Waals surface area contributed by atoms with E-state index in [9.17, 15) is 14.4 Å². The molecule has 0 unspecified atom stereocenters. The van der Waals surface area contributed by atoms with Gasteiger partial charge in [0.15, 0.2) is 6.61 Å². The van der Waals surface area contributed by atoms with Crippen LogP contribution in [0.1, 0.15) is 18.9 Å². The highest BCUT2D eigenvalue weighted by Gasteiger charge is 2.13. The Labute approximate surface area is 116 Å². The Morgan fingerprint density at radius 2 is 1.55 bits per heavy atom. The van der Waals surface area contributed by atoms with Crippen LogP contribution in [-0.2, 0) is 35.2 Å². The van der Waals surface area contributed by atoms with Crippen LogP contribution in [0.5, 0.6) is 0 Å². The van der Waals surface area contributed by atoms with Gasteiger partial charge in [-0.05, 0) is 12.5 Å². The molecule has 20 heavy (non-hydrogen) atoms. The van der Waals surface area contributed by atoms with Gasteiger partial charge in [0.1, 0.15) is 13.0 Å². The molecule has 0 atom stereocenters. The molecule has 6 heteroatoms. The molecule has 0 saturated carbocycles. The van der Waals surface area contributed by atoms with Crippen molar-refractivity contribution in [3.63, 3.8) is 0 Å². The van der Waals surface area contributed by atoms with E-state index in [1.165, 1.54) is 0 Å². The van der Waals surface area contributed by atoms with Crippen LogP contribution in [0.3, 0.4) is 0 Å². The summed E-state index contributed by atoms with van der Waals surface area (Å²) in [6.07, 6.45) is -0.514. The molecule has 1 aromatic carbocycles. The molecule has 0 bridgehead atoms. The minimum atomic E-state index is -0.819. The maximum absolute atomic E-state index is 11.3. The number of carbonyl (C=O) groups is 3. The largest absolute Gasteiger partial charge is 0.466 e. The predicted octanol–water partition coefficient (Wildman–Crippen LogP) is 1.23. The van der Waals surface area contributed by atoms with Crippen molar-refractivity contribution in [2.45, 2.75) is 20.0 Å². The second-order valence-corrected chi connectivity index (χ2v) is 3.79. The van der Waals surface area contributed by atoms with E-state index in [1.807, 2.05) is 18.2 Å². The van der Waals surface area contributed by atoms with Crippen molar-refractivity contribution in [2.75, 3.05) is 13.2 Å². The second-order valence-electron chi connectivity index (χ2n) is 3.79. The lowest BCUT2D eigenvalue weighted by Crippen LogP contribution is -2.19. The van der Waals surface area contributed by atoms with Crippen LogP contribution in [0.2, 0.25) is 0 Å². The molecule has 108 valence electrons. The zero-order valence-corrected chi connectivity index (χ0v) is 11.2. The maximum atomic E-state index is 11.3. The average molecular weight is 280 g/mol. The molecule has 0 saturated heterocycles. The monoisotopic (exact) mass is 280 g/mol. The predicted molar refractivity (Wildman–Crippen MR) is 68.4 cm³/mol. The molecule has 0 amide bonds. The van der Waals surface area contributed by atoms with Crippen molar-refractivity contribution in [1.82, 2.24) is 0 Å². The lowest BCUT2D eigenvalue weighted by atomic mass is 10.2. The summed E-state index contributed by atoms with van der Waals surface area (Å²) in [5.74, 6) is -2.18. The van der Waals surface area contributed by atoms with Gasteiger partial charge in [0.2, 0.25) is 0 Å². The van der Waals surface area contributed by atoms with E-state index in [-0.39, 0.29) is 13.2 Å². The van der Waals surface area contributed by atoms with Crippen molar-refractivity contribution in [2.24, 2.45) is 0 Å². The number of esters is 3. The van der Waals surface area contributed by atoms with Crippen LogP contribution in [-0.4, -0.2) is 31.1 Å². The van der Waals surface area contributed by atoms with Crippen LogP contribution in [0.4, 0.5) is 0 Å². The Bertz CT molecular complexity index is 454. The first-order valence-corrected chi connectivity index (χ1v) is 6.12. The molecule has 0 aliphatic rings. The SMILES string of the molecule is CCOC(=O)CC(=O)OCC(=O)OCc1ccccc1. The first-order chi connectivity index (χ1) is 9.61. The highest BCUT2D eigenvalue weighted by Crippen LogP contribution is 2.01. The number of hydrogen-bond donors (Lipinski definition) is 0. The first-order valence-electron chi connectivity index (χ1n) is 6.12. The Hall–Kier alpha value is -2.37. The third-order valence-electron chi connectivity index (χ3n) is 2.19. The van der Waals surface area contributed by atoms with Gasteiger partial charge < -0.3 is 14.2 Å². The molecule has 0 spiro atoms. The summed E-state index contributed by atoms with van der Waals surface area (Å²) < 4.78 is 14.1. The van der Waals surface area contributed by atoms with E-state index >= 15 is 0 Å². The van der Waals surface area contributed by atoms with Crippen molar-refractivity contribution < 1.29 is 28.6 Å². The lowest BCUT2D eigenvalue weighted by Gasteiger charge is -2.06. The normalized spacial score (nSPS) is 9.65. The van der Waals surface area contributed by atoms with Gasteiger partial charge in [-0.15, -0.1) is 0 Å². The Balaban J connectivity index is 2.19. The minimum absolute atomic E-state index is 0.106. The van der Waals surface area contributed by atoms with Crippen LogP contribution in [0.15, 0.2) is 30.3 Å². The zero-order chi connectivity index (χ0) is 14.8. The summed E-state index contributed by atoms with van der Waals surface area (Å²) in [5.41, 5.74) is 0.832. The molecule has 0 aliphatic heterocycles. The molecule has 0 aliphatic carbocycles. The van der Waals surface area contributed by atoms with Gasteiger partial charge >= 0.3 is 17.9 Å². The van der Waals surface area contributed by atoms with Crippen molar-refractivity contribution in [1.29, 1.82) is 0 Å². The van der Waals surface area contributed by atoms with Crippen LogP contribution < -0.4 is 0 Å². The number of hydrogen-bond acceptors (Lipinski definition) is 6. The molecular weight excluding hydrogens is 264 g/mol. The molecule has 0 fully saturated rings. The fraction of sp³-hybridized carbons (Fsp3) is 0.357. The Morgan fingerprint density at radius 3 is 2.20 bits per heavy atom. The van der Waals surface area contributed by atoms with Crippen molar-refractivity contribution in [3.8, 4) is 0 Å². The van der Waals surface area contributed by atoms with E-state index in [0.717, 1.165) is 5.56 Å². The maximum Gasteiger partial charge on any atom is 0.344 e. The molecule has 0 N–H and O–H groups in total. The third-order valence-corrected chi connectivity index (χ3v) is 2.19. The van der Waals surface area contributed by atoms with Gasteiger partial charge in [-0.3, -0.25) is 9.59 Å². The van der Waals surface area contributed by atoms with Crippen LogP contribution >= 0.6 is 0 Å². The highest BCUT2D eigenvalue weighted by molar-refractivity contribution is 5.91. The van der Waals surface area contributed by atoms with E-state index in [0.29, 0.717) is 0 Å². The average Bonchev–Trinajstić information content (AvgIpc) is 2.44. The molecule has 6 nitrogen and oxygen atoms in total. The number of rotatable bonds is 7. The molecule has 0 aromatic heterocycles. The summed E-state index contributed by atoms with van der Waals surface area (Å²) in [5, 5.41) is 0. The third kappa shape index (κ3) is 6.53. The minimum Gasteiger partial charge on any atom is -0.466 e. The molecule has 1 rings (SSSR count). The summed E-state index contributed by atoms with van der Waals surface area (Å²) in [6, 6.07) is 9.10. The van der Waals surface area contributed by atoms with Gasteiger partial charge in [-0.2, -0.15) is 0 Å². The van der Waals surface area contributed by atoms with Crippen LogP contribution in [0, 0.1) is 0 Å². The number of ether oxygens (including phenoxy) is 3. The quantitative estimate of drug-likeness (QED) is 0.424. The summed E-state index contributed by atoms with van der Waals surface area (Å²) >= 11 is 0. The fourth-order valence-corrected chi connectivity index (χ4v) is 1.30. The number of benzene rings is 1. The molecule has 1 aromatic rings. The van der Waals surface area contributed by atoms with Crippen LogP contribution in [0.25, 0.3) is 0 Å². The molecule has 0 heterocycles. The number of carbonyl (C=O) groups excluding carboxylic acids is 3. The summed E-state index contributed by atoms with van der Waals surface area (Å²) in [7, 11) is 0. The zero-order valence-electron chi connectivity index (χ0n) is 11.2. The smallest absolute Gasteiger partial charge is 0.344 e. The topological polar surface area (TPSA) is 78.9 Å². The second kappa shape index (κ2) is 8.68. The molecular formula is C14H16O6. The summed E-state index contributed by atoms with van der Waals surface area (Å²) in [6.45, 7) is 1.40. The summed E-state index contributed by atoms with van der Waals surface area (Å²) in [4.78, 5) is 33.5. The van der Waals surface area contributed by atoms with Gasteiger partial charge in [0, 0.05) is 0 Å². The molecule has 0 radical (unpaired) electrons. The Morgan fingerprint density at radius 1 is 0.900 bits per heavy atom. The van der Waals surface area contributed by atoms with Gasteiger partial charge in [-0.1, -0.05) is 30.3 Å². The first kappa shape index (κ1) is 15.7. The fourth-order valence-electron chi connectivity index (χ4n) is 1.30. The lowest BCUT2D eigenvalue weighted by molar-refractivity contribution is -0.163. The van der Waals surface area contributed by atoms with Crippen molar-refractivity contribution in [3.05, 3.63) is 35.9 Å². The van der Waals surface area contributed by atoms with Gasteiger partial charge in [0.05, 0.1) is 6.61 Å². The standard InChI is InChI=1S/C14H16O6/c1-2-18-12(15)8-13(16)20-10-14(17)19-9-11-6-4-3-5-7-11/h3-7H,2,8-10H2,1H3.